The third-order valence-corrected chi connectivity index (χ3v) is 4.06. The van der Waals surface area contributed by atoms with Crippen LogP contribution >= 0.6 is 0 Å². The maximum absolute atomic E-state index is 11.8. The molecule has 1 saturated carbocycles. The van der Waals surface area contributed by atoms with Crippen LogP contribution < -0.4 is 10.9 Å². The highest BCUT2D eigenvalue weighted by Gasteiger charge is 2.32. The Hall–Kier alpha value is -2.69. The lowest BCUT2D eigenvalue weighted by atomic mass is 9.83. The van der Waals surface area contributed by atoms with Crippen molar-refractivity contribution in [2.75, 3.05) is 0 Å². The van der Waals surface area contributed by atoms with E-state index in [0.29, 0.717) is 25.9 Å². The molecular formula is C18H18N2O3. The Kier molecular flexibility index (Phi) is 4.37. The van der Waals surface area contributed by atoms with Crippen LogP contribution in [-0.2, 0) is 22.7 Å². The van der Waals surface area contributed by atoms with Crippen molar-refractivity contribution in [1.82, 2.24) is 9.88 Å². The van der Waals surface area contributed by atoms with Crippen LogP contribution in [-0.4, -0.2) is 16.3 Å². The summed E-state index contributed by atoms with van der Waals surface area (Å²) in [6.07, 6.45) is 2.50. The lowest BCUT2D eigenvalue weighted by molar-refractivity contribution is -0.138. The summed E-state index contributed by atoms with van der Waals surface area (Å²) >= 11 is 0. The van der Waals surface area contributed by atoms with Gasteiger partial charge in [0.1, 0.15) is 5.78 Å². The lowest BCUT2D eigenvalue weighted by Gasteiger charge is -2.22. The zero-order valence-corrected chi connectivity index (χ0v) is 12.7. The second-order valence-electron chi connectivity index (χ2n) is 5.84. The van der Waals surface area contributed by atoms with Gasteiger partial charge in [-0.2, -0.15) is 0 Å². The Balaban J connectivity index is 1.55. The van der Waals surface area contributed by atoms with E-state index < -0.39 is 0 Å². The maximum Gasteiger partial charge on any atom is 0.250 e. The summed E-state index contributed by atoms with van der Waals surface area (Å²) in [6.45, 7) is 0.978. The molecule has 0 atom stereocenters. The molecule has 1 heterocycles. The number of carbonyl (C=O) groups is 2. The number of rotatable bonds is 5. The van der Waals surface area contributed by atoms with Gasteiger partial charge in [-0.05, 0) is 17.2 Å². The SMILES string of the molecule is O=C1CC(C(=O)NCc2ccc(Cn3ccccc3=O)cc2)C1. The predicted octanol–water partition coefficient (Wildman–Crippen LogP) is 1.49. The number of amides is 1. The molecule has 1 fully saturated rings. The van der Waals surface area contributed by atoms with Crippen molar-refractivity contribution < 1.29 is 9.59 Å². The van der Waals surface area contributed by atoms with Crippen molar-refractivity contribution in [3.05, 3.63) is 70.1 Å². The molecule has 1 aliphatic carbocycles. The number of aromatic nitrogens is 1. The third kappa shape index (κ3) is 3.74. The number of nitrogens with zero attached hydrogens (tertiary/aromatic N) is 1. The number of Topliss-reactive ketones (excluding diaryl/α,β-unsaturated/α-hetero) is 1. The smallest absolute Gasteiger partial charge is 0.250 e. The molecule has 0 bridgehead atoms. The van der Waals surface area contributed by atoms with E-state index in [1.54, 1.807) is 16.8 Å². The predicted molar refractivity (Wildman–Crippen MR) is 85.8 cm³/mol. The number of nitrogens with one attached hydrogen (secondary N) is 1. The van der Waals surface area contributed by atoms with E-state index in [1.807, 2.05) is 30.3 Å². The number of hydrogen-bond acceptors (Lipinski definition) is 3. The largest absolute Gasteiger partial charge is 0.352 e. The molecule has 0 unspecified atom stereocenters. The van der Waals surface area contributed by atoms with Crippen molar-refractivity contribution in [2.24, 2.45) is 5.92 Å². The summed E-state index contributed by atoms with van der Waals surface area (Å²) < 4.78 is 1.64. The van der Waals surface area contributed by atoms with Crippen LogP contribution in [0.3, 0.4) is 0 Å². The molecule has 3 rings (SSSR count). The fourth-order valence-corrected chi connectivity index (χ4v) is 2.56. The van der Waals surface area contributed by atoms with Gasteiger partial charge in [0.25, 0.3) is 5.56 Å². The normalized spacial score (nSPS) is 14.3. The van der Waals surface area contributed by atoms with E-state index in [9.17, 15) is 14.4 Å². The van der Waals surface area contributed by atoms with Gasteiger partial charge in [0.05, 0.1) is 12.5 Å². The van der Waals surface area contributed by atoms with Gasteiger partial charge in [-0.25, -0.2) is 0 Å². The van der Waals surface area contributed by atoms with Gasteiger partial charge >= 0.3 is 0 Å². The highest BCUT2D eigenvalue weighted by atomic mass is 16.2. The van der Waals surface area contributed by atoms with Crippen molar-refractivity contribution in [2.45, 2.75) is 25.9 Å². The number of pyridine rings is 1. The molecule has 2 aromatic rings. The highest BCUT2D eigenvalue weighted by Crippen LogP contribution is 2.22. The van der Waals surface area contributed by atoms with Crippen LogP contribution in [0, 0.1) is 5.92 Å². The molecule has 1 N–H and O–H groups in total. The molecule has 1 aromatic heterocycles. The molecule has 5 nitrogen and oxygen atoms in total. The first-order valence-electron chi connectivity index (χ1n) is 7.64. The lowest BCUT2D eigenvalue weighted by Crippen LogP contribution is -2.38. The first kappa shape index (κ1) is 15.2. The average molecular weight is 310 g/mol. The monoisotopic (exact) mass is 310 g/mol. The minimum atomic E-state index is -0.147. The minimum Gasteiger partial charge on any atom is -0.352 e. The molecule has 0 radical (unpaired) electrons. The number of hydrogen-bond donors (Lipinski definition) is 1. The van der Waals surface area contributed by atoms with E-state index in [1.165, 1.54) is 6.07 Å². The topological polar surface area (TPSA) is 68.2 Å². The summed E-state index contributed by atoms with van der Waals surface area (Å²) in [5.74, 6) is -0.0399. The third-order valence-electron chi connectivity index (χ3n) is 4.06. The Morgan fingerprint density at radius 3 is 2.39 bits per heavy atom. The second kappa shape index (κ2) is 6.60. The number of benzene rings is 1. The van der Waals surface area contributed by atoms with Gasteiger partial charge in [-0.3, -0.25) is 14.4 Å². The molecule has 0 saturated heterocycles. The van der Waals surface area contributed by atoms with E-state index >= 15 is 0 Å². The molecular weight excluding hydrogens is 292 g/mol. The number of carbonyl (C=O) groups excluding carboxylic acids is 2. The van der Waals surface area contributed by atoms with Crippen LogP contribution in [0.1, 0.15) is 24.0 Å². The maximum atomic E-state index is 11.8. The van der Waals surface area contributed by atoms with Gasteiger partial charge < -0.3 is 9.88 Å². The van der Waals surface area contributed by atoms with E-state index in [-0.39, 0.29) is 23.2 Å². The quantitative estimate of drug-likeness (QED) is 0.910. The van der Waals surface area contributed by atoms with Gasteiger partial charge in [-0.1, -0.05) is 30.3 Å². The molecule has 0 spiro atoms. The Bertz CT molecular complexity index is 769. The van der Waals surface area contributed by atoms with Crippen molar-refractivity contribution >= 4 is 11.7 Å². The number of ketones is 1. The highest BCUT2D eigenvalue weighted by molar-refractivity contribution is 5.96. The molecule has 1 aromatic carbocycles. The van der Waals surface area contributed by atoms with Gasteiger partial charge in [0.15, 0.2) is 0 Å². The summed E-state index contributed by atoms with van der Waals surface area (Å²) in [5, 5.41) is 2.85. The van der Waals surface area contributed by atoms with Gasteiger partial charge in [0.2, 0.25) is 5.91 Å². The fourth-order valence-electron chi connectivity index (χ4n) is 2.56. The van der Waals surface area contributed by atoms with Crippen molar-refractivity contribution in [1.29, 1.82) is 0 Å². The Labute approximate surface area is 134 Å². The zero-order valence-electron chi connectivity index (χ0n) is 12.7. The summed E-state index contributed by atoms with van der Waals surface area (Å²) in [6, 6.07) is 12.9. The average Bonchev–Trinajstić information content (AvgIpc) is 2.53. The second-order valence-corrected chi connectivity index (χ2v) is 5.84. The standard InChI is InChI=1S/C18H18N2O3/c21-16-9-15(10-16)18(23)19-11-13-4-6-14(7-5-13)12-20-8-2-1-3-17(20)22/h1-8,15H,9-12H2,(H,19,23). The Morgan fingerprint density at radius 1 is 1.04 bits per heavy atom. The Morgan fingerprint density at radius 2 is 1.74 bits per heavy atom. The van der Waals surface area contributed by atoms with Crippen LogP contribution in [0.15, 0.2) is 53.5 Å². The van der Waals surface area contributed by atoms with E-state index in [2.05, 4.69) is 5.32 Å². The molecule has 23 heavy (non-hydrogen) atoms. The molecule has 1 amide bonds. The molecule has 0 aliphatic heterocycles. The molecule has 1 aliphatic rings. The van der Waals surface area contributed by atoms with Crippen molar-refractivity contribution in [3.8, 4) is 0 Å². The summed E-state index contributed by atoms with van der Waals surface area (Å²) in [5.41, 5.74) is 1.99. The van der Waals surface area contributed by atoms with Crippen LogP contribution in [0.25, 0.3) is 0 Å². The van der Waals surface area contributed by atoms with Crippen LogP contribution in [0.4, 0.5) is 0 Å². The van der Waals surface area contributed by atoms with Crippen LogP contribution in [0.2, 0.25) is 0 Å². The summed E-state index contributed by atoms with van der Waals surface area (Å²) in [4.78, 5) is 34.4. The summed E-state index contributed by atoms with van der Waals surface area (Å²) in [7, 11) is 0. The van der Waals surface area contributed by atoms with E-state index in [4.69, 9.17) is 0 Å². The molecule has 118 valence electrons. The van der Waals surface area contributed by atoms with Gasteiger partial charge in [0, 0.05) is 31.6 Å². The first-order valence-corrected chi connectivity index (χ1v) is 7.64. The fraction of sp³-hybridized carbons (Fsp3) is 0.278. The van der Waals surface area contributed by atoms with Gasteiger partial charge in [-0.15, -0.1) is 0 Å². The van der Waals surface area contributed by atoms with E-state index in [0.717, 1.165) is 11.1 Å². The first-order chi connectivity index (χ1) is 11.1. The van der Waals surface area contributed by atoms with Crippen LogP contribution in [0.5, 0.6) is 0 Å². The zero-order chi connectivity index (χ0) is 16.2. The minimum absolute atomic E-state index is 0.0288. The molecule has 5 heteroatoms. The van der Waals surface area contributed by atoms with Crippen molar-refractivity contribution in [3.63, 3.8) is 0 Å².